The zero-order valence-electron chi connectivity index (χ0n) is 11.5. The molecule has 1 aliphatic heterocycles. The molecule has 20 heavy (non-hydrogen) atoms. The van der Waals surface area contributed by atoms with Crippen LogP contribution in [0.5, 0.6) is 0 Å². The first kappa shape index (κ1) is 14.9. The van der Waals surface area contributed by atoms with Crippen LogP contribution in [0.1, 0.15) is 0 Å². The van der Waals surface area contributed by atoms with E-state index in [4.69, 9.17) is 5.73 Å². The number of piperazine rings is 1. The molecule has 1 fully saturated rings. The topological polar surface area (TPSA) is 61.6 Å². The zero-order chi connectivity index (χ0) is 14.4. The molecular weight excluding hydrogens is 259 g/mol. The fourth-order valence-electron chi connectivity index (χ4n) is 2.31. The normalized spacial score (nSPS) is 17.1. The molecule has 6 heteroatoms. The molecule has 1 heterocycles. The maximum absolute atomic E-state index is 13.4. The summed E-state index contributed by atoms with van der Waals surface area (Å²) in [4.78, 5) is 16.2. The van der Waals surface area contributed by atoms with Gasteiger partial charge in [0.25, 0.3) is 0 Å². The largest absolute Gasteiger partial charge is 0.329 e. The van der Waals surface area contributed by atoms with Gasteiger partial charge in [0, 0.05) is 39.3 Å². The van der Waals surface area contributed by atoms with Gasteiger partial charge in [0.15, 0.2) is 0 Å². The first-order valence-electron chi connectivity index (χ1n) is 6.88. The predicted octanol–water partition coefficient (Wildman–Crippen LogP) is 0.341. The van der Waals surface area contributed by atoms with Crippen molar-refractivity contribution in [3.05, 3.63) is 30.1 Å². The summed E-state index contributed by atoms with van der Waals surface area (Å²) in [6, 6.07) is 6.19. The standard InChI is InChI=1S/C14H21FN4O/c15-12-3-1-2-4-13(12)17-14(20)11-19-9-7-18(6-5-16)8-10-19/h1-4H,5-11,16H2,(H,17,20). The van der Waals surface area contributed by atoms with Crippen LogP contribution < -0.4 is 11.1 Å². The summed E-state index contributed by atoms with van der Waals surface area (Å²) in [7, 11) is 0. The van der Waals surface area contributed by atoms with Crippen molar-refractivity contribution in [1.82, 2.24) is 9.80 Å². The lowest BCUT2D eigenvalue weighted by Crippen LogP contribution is -2.49. The predicted molar refractivity (Wildman–Crippen MR) is 77.0 cm³/mol. The van der Waals surface area contributed by atoms with Crippen LogP contribution in [0.3, 0.4) is 0 Å². The zero-order valence-corrected chi connectivity index (χ0v) is 11.5. The van der Waals surface area contributed by atoms with E-state index in [2.05, 4.69) is 15.1 Å². The summed E-state index contributed by atoms with van der Waals surface area (Å²) in [5, 5.41) is 2.60. The number of hydrogen-bond donors (Lipinski definition) is 2. The molecule has 1 aromatic rings. The van der Waals surface area contributed by atoms with Gasteiger partial charge in [-0.1, -0.05) is 12.1 Å². The number of carbonyl (C=O) groups is 1. The van der Waals surface area contributed by atoms with Crippen molar-refractivity contribution in [3.8, 4) is 0 Å². The fraction of sp³-hybridized carbons (Fsp3) is 0.500. The molecule has 2 rings (SSSR count). The highest BCUT2D eigenvalue weighted by Gasteiger charge is 2.18. The SMILES string of the molecule is NCCN1CCN(CC(=O)Nc2ccccc2F)CC1. The third kappa shape index (κ3) is 4.26. The summed E-state index contributed by atoms with van der Waals surface area (Å²) in [6.07, 6.45) is 0. The van der Waals surface area contributed by atoms with E-state index in [1.165, 1.54) is 6.07 Å². The Morgan fingerprint density at radius 1 is 1.20 bits per heavy atom. The van der Waals surface area contributed by atoms with Gasteiger partial charge >= 0.3 is 0 Å². The number of nitrogens with two attached hydrogens (primary N) is 1. The maximum Gasteiger partial charge on any atom is 0.238 e. The number of hydrogen-bond acceptors (Lipinski definition) is 4. The van der Waals surface area contributed by atoms with Crippen LogP contribution in [0, 0.1) is 5.82 Å². The number of anilines is 1. The van der Waals surface area contributed by atoms with Crippen LogP contribution in [0.4, 0.5) is 10.1 Å². The second-order valence-corrected chi connectivity index (χ2v) is 4.93. The van der Waals surface area contributed by atoms with Crippen molar-refractivity contribution in [2.24, 2.45) is 5.73 Å². The van der Waals surface area contributed by atoms with Gasteiger partial charge in [-0.05, 0) is 12.1 Å². The van der Waals surface area contributed by atoms with E-state index in [1.54, 1.807) is 18.2 Å². The minimum atomic E-state index is -0.409. The Labute approximate surface area is 118 Å². The van der Waals surface area contributed by atoms with E-state index >= 15 is 0 Å². The summed E-state index contributed by atoms with van der Waals surface area (Å²) < 4.78 is 13.4. The smallest absolute Gasteiger partial charge is 0.238 e. The highest BCUT2D eigenvalue weighted by molar-refractivity contribution is 5.92. The molecule has 0 spiro atoms. The molecule has 0 bridgehead atoms. The van der Waals surface area contributed by atoms with E-state index in [1.807, 2.05) is 0 Å². The Bertz CT molecular complexity index is 447. The highest BCUT2D eigenvalue weighted by Crippen LogP contribution is 2.12. The second kappa shape index (κ2) is 7.33. The van der Waals surface area contributed by atoms with E-state index in [9.17, 15) is 9.18 Å². The minimum absolute atomic E-state index is 0.178. The molecule has 1 amide bonds. The maximum atomic E-state index is 13.4. The van der Waals surface area contributed by atoms with Crippen LogP contribution in [0.2, 0.25) is 0 Å². The molecule has 0 aliphatic carbocycles. The molecule has 3 N–H and O–H groups in total. The van der Waals surface area contributed by atoms with Crippen LogP contribution in [-0.2, 0) is 4.79 Å². The molecule has 0 atom stereocenters. The van der Waals surface area contributed by atoms with E-state index in [0.717, 1.165) is 32.7 Å². The van der Waals surface area contributed by atoms with E-state index < -0.39 is 5.82 Å². The number of rotatable bonds is 5. The number of carbonyl (C=O) groups excluding carboxylic acids is 1. The van der Waals surface area contributed by atoms with E-state index in [0.29, 0.717) is 13.1 Å². The Morgan fingerprint density at radius 2 is 1.85 bits per heavy atom. The van der Waals surface area contributed by atoms with Crippen LogP contribution >= 0.6 is 0 Å². The van der Waals surface area contributed by atoms with Crippen molar-refractivity contribution >= 4 is 11.6 Å². The number of amides is 1. The third-order valence-electron chi connectivity index (χ3n) is 3.43. The molecule has 1 aromatic carbocycles. The molecule has 0 saturated carbocycles. The number of para-hydroxylation sites is 1. The van der Waals surface area contributed by atoms with Gasteiger partial charge in [-0.25, -0.2) is 4.39 Å². The van der Waals surface area contributed by atoms with Gasteiger partial charge in [0.1, 0.15) is 5.82 Å². The average molecular weight is 280 g/mol. The third-order valence-corrected chi connectivity index (χ3v) is 3.43. The summed E-state index contributed by atoms with van der Waals surface area (Å²) in [5.41, 5.74) is 5.76. The molecule has 1 aliphatic rings. The van der Waals surface area contributed by atoms with Gasteiger partial charge in [0.2, 0.25) is 5.91 Å². The van der Waals surface area contributed by atoms with Crippen LogP contribution in [-0.4, -0.2) is 61.5 Å². The lowest BCUT2D eigenvalue weighted by atomic mass is 10.3. The van der Waals surface area contributed by atoms with Crippen LogP contribution in [0.25, 0.3) is 0 Å². The lowest BCUT2D eigenvalue weighted by molar-refractivity contribution is -0.117. The minimum Gasteiger partial charge on any atom is -0.329 e. The summed E-state index contributed by atoms with van der Waals surface area (Å²) >= 11 is 0. The average Bonchev–Trinajstić information content (AvgIpc) is 2.44. The monoisotopic (exact) mass is 280 g/mol. The van der Waals surface area contributed by atoms with Gasteiger partial charge in [-0.15, -0.1) is 0 Å². The Balaban J connectivity index is 1.77. The number of nitrogens with zero attached hydrogens (tertiary/aromatic N) is 2. The van der Waals surface area contributed by atoms with Crippen molar-refractivity contribution < 1.29 is 9.18 Å². The Kier molecular flexibility index (Phi) is 5.46. The number of benzene rings is 1. The molecule has 0 radical (unpaired) electrons. The molecule has 0 aromatic heterocycles. The van der Waals surface area contributed by atoms with Gasteiger partial charge < -0.3 is 11.1 Å². The molecule has 1 saturated heterocycles. The number of halogens is 1. The van der Waals surface area contributed by atoms with Gasteiger partial charge in [0.05, 0.1) is 12.2 Å². The van der Waals surface area contributed by atoms with Crippen molar-refractivity contribution in [2.45, 2.75) is 0 Å². The first-order valence-corrected chi connectivity index (χ1v) is 6.88. The Hall–Kier alpha value is -1.50. The quantitative estimate of drug-likeness (QED) is 0.816. The molecular formula is C14H21FN4O. The fourth-order valence-corrected chi connectivity index (χ4v) is 2.31. The molecule has 0 unspecified atom stereocenters. The van der Waals surface area contributed by atoms with Gasteiger partial charge in [-0.3, -0.25) is 14.6 Å². The van der Waals surface area contributed by atoms with Crippen molar-refractivity contribution in [2.75, 3.05) is 51.1 Å². The summed E-state index contributed by atoms with van der Waals surface area (Å²) in [5.74, 6) is -0.587. The van der Waals surface area contributed by atoms with Gasteiger partial charge in [-0.2, -0.15) is 0 Å². The second-order valence-electron chi connectivity index (χ2n) is 4.93. The van der Waals surface area contributed by atoms with Crippen molar-refractivity contribution in [1.29, 1.82) is 0 Å². The summed E-state index contributed by atoms with van der Waals surface area (Å²) in [6.45, 7) is 5.37. The Morgan fingerprint density at radius 3 is 2.50 bits per heavy atom. The van der Waals surface area contributed by atoms with Crippen LogP contribution in [0.15, 0.2) is 24.3 Å². The first-order chi connectivity index (χ1) is 9.69. The lowest BCUT2D eigenvalue weighted by Gasteiger charge is -2.33. The molecule has 110 valence electrons. The van der Waals surface area contributed by atoms with E-state index in [-0.39, 0.29) is 11.6 Å². The molecule has 5 nitrogen and oxygen atoms in total. The highest BCUT2D eigenvalue weighted by atomic mass is 19.1. The number of nitrogens with one attached hydrogen (secondary N) is 1. The van der Waals surface area contributed by atoms with Crippen molar-refractivity contribution in [3.63, 3.8) is 0 Å².